The van der Waals surface area contributed by atoms with Crippen LogP contribution in [0, 0.1) is 13.8 Å². The van der Waals surface area contributed by atoms with Crippen molar-refractivity contribution < 1.29 is 9.59 Å². The number of anilines is 2. The minimum absolute atomic E-state index is 0.0868. The molecule has 2 amide bonds. The number of rotatable bonds is 5. The van der Waals surface area contributed by atoms with Gasteiger partial charge in [0.2, 0.25) is 0 Å². The molecule has 0 aliphatic heterocycles. The van der Waals surface area contributed by atoms with E-state index in [0.717, 1.165) is 16.8 Å². The van der Waals surface area contributed by atoms with E-state index in [9.17, 15) is 9.59 Å². The highest BCUT2D eigenvalue weighted by molar-refractivity contribution is 6.07. The Labute approximate surface area is 164 Å². The smallest absolute Gasteiger partial charge is 0.308 e. The van der Waals surface area contributed by atoms with Gasteiger partial charge in [0, 0.05) is 16.9 Å². The maximum Gasteiger partial charge on any atom is 0.323 e. The minimum Gasteiger partial charge on any atom is -0.308 e. The third-order valence-electron chi connectivity index (χ3n) is 4.24. The van der Waals surface area contributed by atoms with Gasteiger partial charge in [0.15, 0.2) is 5.78 Å². The molecule has 140 valence electrons. The van der Waals surface area contributed by atoms with E-state index in [-0.39, 0.29) is 11.8 Å². The minimum atomic E-state index is -0.331. The quantitative estimate of drug-likeness (QED) is 0.438. The fourth-order valence-electron chi connectivity index (χ4n) is 2.59. The Kier molecular flexibility index (Phi) is 6.02. The molecule has 0 saturated heterocycles. The second-order valence-corrected chi connectivity index (χ2v) is 6.63. The molecule has 0 unspecified atom stereocenters. The summed E-state index contributed by atoms with van der Waals surface area (Å²) >= 11 is 0. The molecule has 3 aromatic rings. The zero-order valence-electron chi connectivity index (χ0n) is 15.9. The first-order valence-electron chi connectivity index (χ1n) is 9.03. The van der Waals surface area contributed by atoms with Crippen molar-refractivity contribution in [2.45, 2.75) is 13.8 Å². The van der Waals surface area contributed by atoms with Crippen molar-refractivity contribution in [1.82, 2.24) is 0 Å². The third kappa shape index (κ3) is 5.42. The van der Waals surface area contributed by atoms with Crippen LogP contribution in [0.5, 0.6) is 0 Å². The lowest BCUT2D eigenvalue weighted by molar-refractivity contribution is 0.104. The van der Waals surface area contributed by atoms with Crippen LogP contribution >= 0.6 is 0 Å². The molecule has 0 saturated carbocycles. The predicted molar refractivity (Wildman–Crippen MR) is 115 cm³/mol. The monoisotopic (exact) mass is 370 g/mol. The largest absolute Gasteiger partial charge is 0.323 e. The predicted octanol–water partition coefficient (Wildman–Crippen LogP) is 5.84. The van der Waals surface area contributed by atoms with E-state index in [4.69, 9.17) is 0 Å². The van der Waals surface area contributed by atoms with Crippen LogP contribution in [0.15, 0.2) is 78.9 Å². The van der Waals surface area contributed by atoms with Crippen molar-refractivity contribution in [2.24, 2.45) is 0 Å². The van der Waals surface area contributed by atoms with Crippen LogP contribution in [-0.2, 0) is 0 Å². The van der Waals surface area contributed by atoms with Crippen LogP contribution in [0.25, 0.3) is 6.08 Å². The fraction of sp³-hybridized carbons (Fsp3) is 0.0833. The van der Waals surface area contributed by atoms with Crippen molar-refractivity contribution >= 4 is 29.3 Å². The number of aryl methyl sites for hydroxylation is 2. The molecule has 4 heteroatoms. The number of allylic oxidation sites excluding steroid dienone is 1. The topological polar surface area (TPSA) is 58.2 Å². The highest BCUT2D eigenvalue weighted by atomic mass is 16.2. The fourth-order valence-corrected chi connectivity index (χ4v) is 2.59. The van der Waals surface area contributed by atoms with Crippen LogP contribution in [0.4, 0.5) is 16.2 Å². The number of carbonyl (C=O) groups is 2. The second-order valence-electron chi connectivity index (χ2n) is 6.63. The zero-order valence-corrected chi connectivity index (χ0v) is 15.9. The van der Waals surface area contributed by atoms with E-state index in [0.29, 0.717) is 11.3 Å². The molecule has 0 atom stereocenters. The summed E-state index contributed by atoms with van der Waals surface area (Å²) in [5.74, 6) is -0.0868. The van der Waals surface area contributed by atoms with Crippen molar-refractivity contribution in [3.8, 4) is 0 Å². The molecule has 3 rings (SSSR count). The van der Waals surface area contributed by atoms with E-state index < -0.39 is 0 Å². The average Bonchev–Trinajstić information content (AvgIpc) is 2.69. The molecule has 28 heavy (non-hydrogen) atoms. The van der Waals surface area contributed by atoms with Crippen LogP contribution in [0.3, 0.4) is 0 Å². The molecule has 0 aromatic heterocycles. The maximum atomic E-state index is 12.3. The Morgan fingerprint density at radius 1 is 0.679 bits per heavy atom. The molecule has 4 nitrogen and oxygen atoms in total. The van der Waals surface area contributed by atoms with Gasteiger partial charge < -0.3 is 10.6 Å². The van der Waals surface area contributed by atoms with Gasteiger partial charge in [0.25, 0.3) is 0 Å². The molecule has 0 heterocycles. The number of carbonyl (C=O) groups excluding carboxylic acids is 2. The lowest BCUT2D eigenvalue weighted by Gasteiger charge is -2.08. The molecule has 3 aromatic carbocycles. The van der Waals surface area contributed by atoms with Crippen molar-refractivity contribution in [3.63, 3.8) is 0 Å². The van der Waals surface area contributed by atoms with Gasteiger partial charge in [-0.25, -0.2) is 4.79 Å². The molecule has 0 bridgehead atoms. The van der Waals surface area contributed by atoms with Crippen molar-refractivity contribution in [1.29, 1.82) is 0 Å². The summed E-state index contributed by atoms with van der Waals surface area (Å²) in [6, 6.07) is 22.0. The van der Waals surface area contributed by atoms with E-state index >= 15 is 0 Å². The number of nitrogens with one attached hydrogen (secondary N) is 2. The lowest BCUT2D eigenvalue weighted by atomic mass is 10.1. The summed E-state index contributed by atoms with van der Waals surface area (Å²) in [6.45, 7) is 4.01. The van der Waals surface area contributed by atoms with Crippen LogP contribution in [0.1, 0.15) is 27.0 Å². The summed E-state index contributed by atoms with van der Waals surface area (Å²) in [5.41, 5.74) is 5.18. The molecule has 0 aliphatic rings. The SMILES string of the molecule is Cc1ccc(/C=C/C(=O)c2ccc(NC(=O)Nc3ccc(C)cc3)cc2)cc1. The van der Waals surface area contributed by atoms with E-state index in [1.54, 1.807) is 36.4 Å². The summed E-state index contributed by atoms with van der Waals surface area (Å²) in [7, 11) is 0. The Morgan fingerprint density at radius 3 is 1.68 bits per heavy atom. The van der Waals surface area contributed by atoms with Gasteiger partial charge in [0.1, 0.15) is 0 Å². The molecule has 0 aliphatic carbocycles. The first-order valence-corrected chi connectivity index (χ1v) is 9.03. The summed E-state index contributed by atoms with van der Waals surface area (Å²) in [6.07, 6.45) is 3.35. The number of urea groups is 1. The molecular weight excluding hydrogens is 348 g/mol. The lowest BCUT2D eigenvalue weighted by Crippen LogP contribution is -2.19. The van der Waals surface area contributed by atoms with E-state index in [1.807, 2.05) is 62.4 Å². The number of hydrogen-bond acceptors (Lipinski definition) is 2. The van der Waals surface area contributed by atoms with Gasteiger partial charge in [-0.2, -0.15) is 0 Å². The Morgan fingerprint density at radius 2 is 1.14 bits per heavy atom. The standard InChI is InChI=1S/C24H22N2O2/c1-17-3-7-19(8-4-17)9-16-23(27)20-10-14-22(15-11-20)26-24(28)25-21-12-5-18(2)6-13-21/h3-16H,1-2H3,(H2,25,26,28)/b16-9+. The van der Waals surface area contributed by atoms with Crippen molar-refractivity contribution in [2.75, 3.05) is 10.6 Å². The van der Waals surface area contributed by atoms with Crippen LogP contribution in [-0.4, -0.2) is 11.8 Å². The number of ketones is 1. The molecule has 2 N–H and O–H groups in total. The zero-order chi connectivity index (χ0) is 19.9. The summed E-state index contributed by atoms with van der Waals surface area (Å²) < 4.78 is 0. The Hall–Kier alpha value is -3.66. The number of amides is 2. The maximum absolute atomic E-state index is 12.3. The highest BCUT2D eigenvalue weighted by Crippen LogP contribution is 2.13. The van der Waals surface area contributed by atoms with Gasteiger partial charge >= 0.3 is 6.03 Å². The first kappa shape index (κ1) is 19.1. The average molecular weight is 370 g/mol. The number of benzene rings is 3. The van der Waals surface area contributed by atoms with Gasteiger partial charge in [-0.15, -0.1) is 0 Å². The van der Waals surface area contributed by atoms with E-state index in [1.165, 1.54) is 5.56 Å². The Bertz CT molecular complexity index is 986. The molecule has 0 spiro atoms. The Balaban J connectivity index is 1.57. The third-order valence-corrected chi connectivity index (χ3v) is 4.24. The van der Waals surface area contributed by atoms with Crippen LogP contribution in [0.2, 0.25) is 0 Å². The normalized spacial score (nSPS) is 10.6. The first-order chi connectivity index (χ1) is 13.5. The highest BCUT2D eigenvalue weighted by Gasteiger charge is 2.05. The van der Waals surface area contributed by atoms with E-state index in [2.05, 4.69) is 10.6 Å². The number of hydrogen-bond donors (Lipinski definition) is 2. The second kappa shape index (κ2) is 8.82. The summed E-state index contributed by atoms with van der Waals surface area (Å²) in [4.78, 5) is 24.4. The van der Waals surface area contributed by atoms with Gasteiger partial charge in [-0.05, 0) is 61.9 Å². The molecule has 0 fully saturated rings. The van der Waals surface area contributed by atoms with Gasteiger partial charge in [0.05, 0.1) is 0 Å². The molecular formula is C24H22N2O2. The van der Waals surface area contributed by atoms with Crippen molar-refractivity contribution in [3.05, 3.63) is 101 Å². The van der Waals surface area contributed by atoms with Crippen LogP contribution < -0.4 is 10.6 Å². The van der Waals surface area contributed by atoms with Gasteiger partial charge in [-0.1, -0.05) is 53.6 Å². The molecule has 0 radical (unpaired) electrons. The van der Waals surface area contributed by atoms with Gasteiger partial charge in [-0.3, -0.25) is 4.79 Å². The summed E-state index contributed by atoms with van der Waals surface area (Å²) in [5, 5.41) is 5.52.